The molecule has 0 atom stereocenters. The van der Waals surface area contributed by atoms with Crippen molar-refractivity contribution in [1.82, 2.24) is 15.0 Å². The lowest BCUT2D eigenvalue weighted by atomic mass is 9.94. The molecule has 0 N–H and O–H groups in total. The maximum atomic E-state index is 5.01. The zero-order chi connectivity index (χ0) is 20.6. The zero-order valence-corrected chi connectivity index (χ0v) is 16.8. The smallest absolute Gasteiger partial charge is 0.0858 e. The maximum Gasteiger partial charge on any atom is 0.0858 e. The first-order chi connectivity index (χ1) is 15.3. The number of benzene rings is 3. The van der Waals surface area contributed by atoms with E-state index in [1.54, 1.807) is 0 Å². The Bertz CT molecular complexity index is 1370. The van der Waals surface area contributed by atoms with Crippen molar-refractivity contribution in [3.05, 3.63) is 126 Å². The summed E-state index contributed by atoms with van der Waals surface area (Å²) in [4.78, 5) is 15.0. The van der Waals surface area contributed by atoms with Gasteiger partial charge in [-0.3, -0.25) is 15.0 Å². The molecule has 0 saturated heterocycles. The van der Waals surface area contributed by atoms with Crippen LogP contribution in [0.1, 0.15) is 23.0 Å². The molecule has 0 spiro atoms. The quantitative estimate of drug-likeness (QED) is 0.342. The fourth-order valence-corrected chi connectivity index (χ4v) is 4.18. The van der Waals surface area contributed by atoms with Crippen molar-refractivity contribution in [3.8, 4) is 0 Å². The van der Waals surface area contributed by atoms with E-state index in [0.29, 0.717) is 0 Å². The van der Waals surface area contributed by atoms with E-state index in [2.05, 4.69) is 72.8 Å². The van der Waals surface area contributed by atoms with Gasteiger partial charge in [0.2, 0.25) is 0 Å². The van der Waals surface area contributed by atoms with Crippen LogP contribution in [0.2, 0.25) is 0 Å². The third kappa shape index (κ3) is 3.21. The molecule has 6 aromatic rings. The van der Waals surface area contributed by atoms with Gasteiger partial charge in [0.05, 0.1) is 39.5 Å². The van der Waals surface area contributed by atoms with E-state index in [0.717, 1.165) is 49.8 Å². The van der Waals surface area contributed by atoms with Gasteiger partial charge in [0, 0.05) is 16.2 Å². The summed E-state index contributed by atoms with van der Waals surface area (Å²) < 4.78 is 0. The largest absolute Gasteiger partial charge is 0.252 e. The molecule has 0 radical (unpaired) electrons. The Labute approximate surface area is 180 Å². The summed E-state index contributed by atoms with van der Waals surface area (Å²) in [6.45, 7) is 0. The lowest BCUT2D eigenvalue weighted by Gasteiger charge is -2.18. The summed E-state index contributed by atoms with van der Waals surface area (Å²) in [5, 5.41) is 3.38. The molecule has 3 heteroatoms. The van der Waals surface area contributed by atoms with Crippen LogP contribution in [-0.4, -0.2) is 15.0 Å². The van der Waals surface area contributed by atoms with E-state index in [1.807, 2.05) is 36.4 Å². The SMILES string of the molecule is c1ccc2nc(C(c3ccc4ccccc4n3)c3ccc4ccccc4n3)ccc2c1. The van der Waals surface area contributed by atoms with E-state index >= 15 is 0 Å². The van der Waals surface area contributed by atoms with Gasteiger partial charge in [-0.1, -0.05) is 72.8 Å². The van der Waals surface area contributed by atoms with Gasteiger partial charge < -0.3 is 0 Å². The summed E-state index contributed by atoms with van der Waals surface area (Å²) in [6, 6.07) is 37.3. The topological polar surface area (TPSA) is 38.7 Å². The highest BCUT2D eigenvalue weighted by Gasteiger charge is 2.22. The van der Waals surface area contributed by atoms with Crippen LogP contribution in [-0.2, 0) is 0 Å². The third-order valence-corrected chi connectivity index (χ3v) is 5.75. The monoisotopic (exact) mass is 397 g/mol. The number of aromatic nitrogens is 3. The van der Waals surface area contributed by atoms with Crippen LogP contribution < -0.4 is 0 Å². The standard InChI is InChI=1S/C28H19N3/c1-4-10-22-19(7-1)13-16-25(29-22)28(26-17-14-20-8-2-5-11-23(20)30-26)27-18-15-21-9-3-6-12-24(21)31-27/h1-18,28H. The Morgan fingerprint density at radius 1 is 0.355 bits per heavy atom. The van der Waals surface area contributed by atoms with Gasteiger partial charge in [-0.25, -0.2) is 0 Å². The van der Waals surface area contributed by atoms with Crippen LogP contribution in [0.4, 0.5) is 0 Å². The zero-order valence-electron chi connectivity index (χ0n) is 16.8. The predicted octanol–water partition coefficient (Wildman–Crippen LogP) is 6.51. The molecule has 3 heterocycles. The molecule has 0 amide bonds. The first-order valence-corrected chi connectivity index (χ1v) is 10.4. The summed E-state index contributed by atoms with van der Waals surface area (Å²) in [6.07, 6.45) is 0. The Morgan fingerprint density at radius 3 is 1.03 bits per heavy atom. The van der Waals surface area contributed by atoms with Crippen molar-refractivity contribution in [2.24, 2.45) is 0 Å². The number of fused-ring (bicyclic) bond motifs is 3. The fraction of sp³-hybridized carbons (Fsp3) is 0.0357. The average Bonchev–Trinajstić information content (AvgIpc) is 2.84. The van der Waals surface area contributed by atoms with Crippen molar-refractivity contribution in [1.29, 1.82) is 0 Å². The van der Waals surface area contributed by atoms with Gasteiger partial charge in [-0.05, 0) is 36.4 Å². The minimum absolute atomic E-state index is 0.154. The summed E-state index contributed by atoms with van der Waals surface area (Å²) in [7, 11) is 0. The molecule has 0 aliphatic carbocycles. The van der Waals surface area contributed by atoms with Gasteiger partial charge in [0.15, 0.2) is 0 Å². The molecule has 0 bridgehead atoms. The summed E-state index contributed by atoms with van der Waals surface area (Å²) >= 11 is 0. The molecule has 146 valence electrons. The molecule has 31 heavy (non-hydrogen) atoms. The highest BCUT2D eigenvalue weighted by molar-refractivity contribution is 5.81. The van der Waals surface area contributed by atoms with E-state index in [4.69, 9.17) is 15.0 Å². The normalized spacial score (nSPS) is 11.5. The van der Waals surface area contributed by atoms with Crippen molar-refractivity contribution in [3.63, 3.8) is 0 Å². The molecule has 3 nitrogen and oxygen atoms in total. The van der Waals surface area contributed by atoms with Crippen LogP contribution in [0.3, 0.4) is 0 Å². The minimum Gasteiger partial charge on any atom is -0.252 e. The third-order valence-electron chi connectivity index (χ3n) is 5.75. The van der Waals surface area contributed by atoms with Gasteiger partial charge in [0.1, 0.15) is 0 Å². The highest BCUT2D eigenvalue weighted by Crippen LogP contribution is 2.32. The van der Waals surface area contributed by atoms with E-state index < -0.39 is 0 Å². The van der Waals surface area contributed by atoms with Crippen LogP contribution >= 0.6 is 0 Å². The second kappa shape index (κ2) is 7.29. The molecular weight excluding hydrogens is 378 g/mol. The van der Waals surface area contributed by atoms with Crippen LogP contribution in [0.15, 0.2) is 109 Å². The fourth-order valence-electron chi connectivity index (χ4n) is 4.18. The Balaban J connectivity index is 1.59. The molecule has 3 aromatic carbocycles. The molecule has 0 aliphatic rings. The van der Waals surface area contributed by atoms with Crippen molar-refractivity contribution in [2.75, 3.05) is 0 Å². The predicted molar refractivity (Wildman–Crippen MR) is 126 cm³/mol. The first kappa shape index (κ1) is 17.7. The van der Waals surface area contributed by atoms with Gasteiger partial charge in [-0.15, -0.1) is 0 Å². The molecule has 0 unspecified atom stereocenters. The number of hydrogen-bond donors (Lipinski definition) is 0. The van der Waals surface area contributed by atoms with Crippen molar-refractivity contribution >= 4 is 32.7 Å². The molecule has 0 saturated carbocycles. The average molecular weight is 397 g/mol. The van der Waals surface area contributed by atoms with Gasteiger partial charge in [0.25, 0.3) is 0 Å². The Morgan fingerprint density at radius 2 is 0.677 bits per heavy atom. The summed E-state index contributed by atoms with van der Waals surface area (Å²) in [5.74, 6) is -0.154. The first-order valence-electron chi connectivity index (χ1n) is 10.4. The van der Waals surface area contributed by atoms with E-state index in [-0.39, 0.29) is 5.92 Å². The molecule has 0 aliphatic heterocycles. The molecular formula is C28H19N3. The number of nitrogens with zero attached hydrogens (tertiary/aromatic N) is 3. The lowest BCUT2D eigenvalue weighted by Crippen LogP contribution is -2.09. The molecule has 0 fully saturated rings. The number of para-hydroxylation sites is 3. The number of rotatable bonds is 3. The van der Waals surface area contributed by atoms with Crippen molar-refractivity contribution < 1.29 is 0 Å². The second-order valence-electron chi connectivity index (χ2n) is 7.72. The Kier molecular flexibility index (Phi) is 4.17. The van der Waals surface area contributed by atoms with Gasteiger partial charge in [-0.2, -0.15) is 0 Å². The number of pyridine rings is 3. The molecule has 3 aromatic heterocycles. The Hall–Kier alpha value is -4.11. The van der Waals surface area contributed by atoms with Crippen LogP contribution in [0.25, 0.3) is 32.7 Å². The van der Waals surface area contributed by atoms with E-state index in [9.17, 15) is 0 Å². The summed E-state index contributed by atoms with van der Waals surface area (Å²) in [5.41, 5.74) is 5.78. The molecule has 6 rings (SSSR count). The lowest BCUT2D eigenvalue weighted by molar-refractivity contribution is 0.859. The second-order valence-corrected chi connectivity index (χ2v) is 7.72. The maximum absolute atomic E-state index is 5.01. The van der Waals surface area contributed by atoms with Crippen molar-refractivity contribution in [2.45, 2.75) is 5.92 Å². The highest BCUT2D eigenvalue weighted by atomic mass is 14.8. The van der Waals surface area contributed by atoms with Crippen LogP contribution in [0.5, 0.6) is 0 Å². The number of hydrogen-bond acceptors (Lipinski definition) is 3. The van der Waals surface area contributed by atoms with Gasteiger partial charge >= 0.3 is 0 Å². The van der Waals surface area contributed by atoms with E-state index in [1.165, 1.54) is 0 Å². The van der Waals surface area contributed by atoms with Crippen LogP contribution in [0, 0.1) is 0 Å². The minimum atomic E-state index is -0.154.